The van der Waals surface area contributed by atoms with Crippen molar-refractivity contribution in [1.82, 2.24) is 9.47 Å². The number of aliphatic hydroxyl groups is 1. The summed E-state index contributed by atoms with van der Waals surface area (Å²) in [6, 6.07) is 2.55. The van der Waals surface area contributed by atoms with Crippen LogP contribution in [0, 0.1) is 5.41 Å². The SMILES string of the molecule is CC(CN(C)C)n1ccc2c1CC(C)(C)CC2O. The van der Waals surface area contributed by atoms with Gasteiger partial charge in [0.15, 0.2) is 0 Å². The van der Waals surface area contributed by atoms with Gasteiger partial charge in [0.2, 0.25) is 0 Å². The van der Waals surface area contributed by atoms with Crippen molar-refractivity contribution in [3.05, 3.63) is 23.5 Å². The number of fused-ring (bicyclic) bond motifs is 1. The number of aromatic nitrogens is 1. The molecular weight excluding hydrogens is 224 g/mol. The van der Waals surface area contributed by atoms with Crippen LogP contribution >= 0.6 is 0 Å². The second-order valence-electron chi connectivity index (χ2n) is 6.80. The maximum Gasteiger partial charge on any atom is 0.0812 e. The van der Waals surface area contributed by atoms with Gasteiger partial charge in [-0.1, -0.05) is 13.8 Å². The second-order valence-corrected chi connectivity index (χ2v) is 6.80. The maximum absolute atomic E-state index is 10.3. The molecule has 1 heterocycles. The Morgan fingerprint density at radius 3 is 2.78 bits per heavy atom. The van der Waals surface area contributed by atoms with E-state index in [4.69, 9.17) is 0 Å². The van der Waals surface area contributed by atoms with Gasteiger partial charge in [-0.15, -0.1) is 0 Å². The van der Waals surface area contributed by atoms with E-state index in [1.807, 2.05) is 0 Å². The highest BCUT2D eigenvalue weighted by atomic mass is 16.3. The molecule has 0 fully saturated rings. The predicted molar refractivity (Wildman–Crippen MR) is 74.8 cm³/mol. The molecule has 0 aliphatic heterocycles. The lowest BCUT2D eigenvalue weighted by Gasteiger charge is -2.35. The maximum atomic E-state index is 10.3. The van der Waals surface area contributed by atoms with E-state index in [0.717, 1.165) is 24.9 Å². The molecule has 1 N–H and O–H groups in total. The molecule has 0 spiro atoms. The first-order valence-corrected chi connectivity index (χ1v) is 6.82. The molecular formula is C15H26N2O. The van der Waals surface area contributed by atoms with Crippen molar-refractivity contribution < 1.29 is 5.11 Å². The van der Waals surface area contributed by atoms with E-state index in [2.05, 4.69) is 56.6 Å². The van der Waals surface area contributed by atoms with Crippen LogP contribution in [-0.2, 0) is 6.42 Å². The van der Waals surface area contributed by atoms with Crippen LogP contribution in [0.5, 0.6) is 0 Å². The molecule has 1 aliphatic rings. The highest BCUT2D eigenvalue weighted by Gasteiger charge is 2.33. The van der Waals surface area contributed by atoms with E-state index >= 15 is 0 Å². The van der Waals surface area contributed by atoms with E-state index in [9.17, 15) is 5.11 Å². The number of likely N-dealkylation sites (N-methyl/N-ethyl adjacent to an activating group) is 1. The Balaban J connectivity index is 2.30. The average Bonchev–Trinajstić information content (AvgIpc) is 2.58. The summed E-state index contributed by atoms with van der Waals surface area (Å²) in [7, 11) is 4.20. The quantitative estimate of drug-likeness (QED) is 0.893. The van der Waals surface area contributed by atoms with Crippen molar-refractivity contribution in [2.24, 2.45) is 5.41 Å². The molecule has 18 heavy (non-hydrogen) atoms. The van der Waals surface area contributed by atoms with Gasteiger partial charge in [0.25, 0.3) is 0 Å². The Morgan fingerprint density at radius 2 is 2.17 bits per heavy atom. The van der Waals surface area contributed by atoms with Crippen LogP contribution in [-0.4, -0.2) is 35.2 Å². The highest BCUT2D eigenvalue weighted by molar-refractivity contribution is 5.29. The molecule has 0 radical (unpaired) electrons. The molecule has 3 heteroatoms. The summed E-state index contributed by atoms with van der Waals surface area (Å²) in [5.74, 6) is 0. The molecule has 1 aromatic heterocycles. The minimum Gasteiger partial charge on any atom is -0.388 e. The standard InChI is InChI=1S/C15H26N2O/c1-11(10-16(4)5)17-7-6-12-13(17)8-15(2,3)9-14(12)18/h6-7,11,14,18H,8-10H2,1-5H3. The minimum atomic E-state index is -0.295. The molecule has 1 aromatic rings. The lowest BCUT2D eigenvalue weighted by atomic mass is 9.75. The van der Waals surface area contributed by atoms with Crippen molar-refractivity contribution in [3.63, 3.8) is 0 Å². The molecule has 0 amide bonds. The number of aliphatic hydroxyl groups excluding tert-OH is 1. The van der Waals surface area contributed by atoms with Crippen LogP contribution in [0.1, 0.15) is 50.6 Å². The number of hydrogen-bond donors (Lipinski definition) is 1. The fourth-order valence-electron chi connectivity index (χ4n) is 3.18. The van der Waals surface area contributed by atoms with Gasteiger partial charge < -0.3 is 14.6 Å². The molecule has 102 valence electrons. The van der Waals surface area contributed by atoms with Gasteiger partial charge in [-0.25, -0.2) is 0 Å². The van der Waals surface area contributed by atoms with E-state index in [1.165, 1.54) is 5.69 Å². The van der Waals surface area contributed by atoms with Gasteiger partial charge in [0.1, 0.15) is 0 Å². The van der Waals surface area contributed by atoms with Crippen molar-refractivity contribution in [1.29, 1.82) is 0 Å². The van der Waals surface area contributed by atoms with E-state index in [-0.39, 0.29) is 11.5 Å². The number of nitrogens with zero attached hydrogens (tertiary/aromatic N) is 2. The van der Waals surface area contributed by atoms with Gasteiger partial charge in [-0.05, 0) is 45.3 Å². The molecule has 3 nitrogen and oxygen atoms in total. The molecule has 2 unspecified atom stereocenters. The average molecular weight is 250 g/mol. The fourth-order valence-corrected chi connectivity index (χ4v) is 3.18. The lowest BCUT2D eigenvalue weighted by molar-refractivity contribution is 0.0973. The minimum absolute atomic E-state index is 0.195. The smallest absolute Gasteiger partial charge is 0.0812 e. The van der Waals surface area contributed by atoms with Gasteiger partial charge >= 0.3 is 0 Å². The third-order valence-corrected chi connectivity index (χ3v) is 3.91. The highest BCUT2D eigenvalue weighted by Crippen LogP contribution is 2.41. The molecule has 2 atom stereocenters. The van der Waals surface area contributed by atoms with E-state index in [0.29, 0.717) is 6.04 Å². The molecule has 0 aromatic carbocycles. The molecule has 1 aliphatic carbocycles. The van der Waals surface area contributed by atoms with Crippen LogP contribution in [0.15, 0.2) is 12.3 Å². The Hall–Kier alpha value is -0.800. The Labute approximate surface area is 110 Å². The lowest BCUT2D eigenvalue weighted by Crippen LogP contribution is -2.29. The number of rotatable bonds is 3. The van der Waals surface area contributed by atoms with E-state index < -0.39 is 0 Å². The normalized spacial score (nSPS) is 24.1. The summed E-state index contributed by atoms with van der Waals surface area (Å²) in [6.07, 6.45) is 3.77. The molecule has 0 saturated carbocycles. The Morgan fingerprint density at radius 1 is 1.50 bits per heavy atom. The van der Waals surface area contributed by atoms with Crippen LogP contribution < -0.4 is 0 Å². The zero-order chi connectivity index (χ0) is 13.5. The van der Waals surface area contributed by atoms with Gasteiger partial charge in [0.05, 0.1) is 6.10 Å². The van der Waals surface area contributed by atoms with Crippen LogP contribution in [0.2, 0.25) is 0 Å². The monoisotopic (exact) mass is 250 g/mol. The first-order valence-electron chi connectivity index (χ1n) is 6.82. The van der Waals surface area contributed by atoms with E-state index in [1.54, 1.807) is 0 Å². The first-order chi connectivity index (χ1) is 8.30. The molecule has 2 rings (SSSR count). The summed E-state index contributed by atoms with van der Waals surface area (Å²) >= 11 is 0. The Bertz CT molecular complexity index is 420. The second kappa shape index (κ2) is 4.71. The van der Waals surface area contributed by atoms with Crippen molar-refractivity contribution in [2.75, 3.05) is 20.6 Å². The fraction of sp³-hybridized carbons (Fsp3) is 0.733. The zero-order valence-electron chi connectivity index (χ0n) is 12.3. The van der Waals surface area contributed by atoms with Crippen molar-refractivity contribution in [2.45, 2.75) is 45.8 Å². The number of hydrogen-bond acceptors (Lipinski definition) is 2. The first kappa shape index (κ1) is 13.6. The third-order valence-electron chi connectivity index (χ3n) is 3.91. The van der Waals surface area contributed by atoms with Gasteiger partial charge in [-0.2, -0.15) is 0 Å². The predicted octanol–water partition coefficient (Wildman–Crippen LogP) is 2.62. The Kier molecular flexibility index (Phi) is 3.56. The summed E-state index contributed by atoms with van der Waals surface area (Å²) in [5.41, 5.74) is 2.66. The van der Waals surface area contributed by atoms with Gasteiger partial charge in [0, 0.05) is 30.0 Å². The summed E-state index contributed by atoms with van der Waals surface area (Å²) in [6.45, 7) is 7.76. The van der Waals surface area contributed by atoms with Crippen LogP contribution in [0.25, 0.3) is 0 Å². The molecule has 0 bridgehead atoms. The summed E-state index contributed by atoms with van der Waals surface area (Å²) in [4.78, 5) is 2.21. The van der Waals surface area contributed by atoms with Crippen molar-refractivity contribution in [3.8, 4) is 0 Å². The van der Waals surface area contributed by atoms with Crippen LogP contribution in [0.3, 0.4) is 0 Å². The molecule has 0 saturated heterocycles. The van der Waals surface area contributed by atoms with Crippen LogP contribution in [0.4, 0.5) is 0 Å². The largest absolute Gasteiger partial charge is 0.388 e. The third kappa shape index (κ3) is 2.62. The summed E-state index contributed by atoms with van der Waals surface area (Å²) < 4.78 is 2.35. The topological polar surface area (TPSA) is 28.4 Å². The van der Waals surface area contributed by atoms with Gasteiger partial charge in [-0.3, -0.25) is 0 Å². The zero-order valence-corrected chi connectivity index (χ0v) is 12.3. The summed E-state index contributed by atoms with van der Waals surface area (Å²) in [5, 5.41) is 10.3. The van der Waals surface area contributed by atoms with Crippen molar-refractivity contribution >= 4 is 0 Å².